The summed E-state index contributed by atoms with van der Waals surface area (Å²) in [4.78, 5) is 76.3. The lowest BCUT2D eigenvalue weighted by molar-refractivity contribution is -0.119. The molecule has 2 heterocycles. The number of carbonyl (C=O) groups excluding carboxylic acids is 2. The van der Waals surface area contributed by atoms with Gasteiger partial charge in [0.25, 0.3) is 0 Å². The van der Waals surface area contributed by atoms with Gasteiger partial charge < -0.3 is 55.1 Å². The van der Waals surface area contributed by atoms with E-state index in [0.717, 1.165) is 10.3 Å². The molecule has 2 rings (SSSR count). The highest BCUT2D eigenvalue weighted by atomic mass is 33.1. The number of Topliss-reactive ketones (excluding diaryl/α,β-unsaturated/α-hetero) is 1. The standard InChI is InChI=1S/C22H37BN5O17P3S2/c1-15(29)5-8-40-17-12-19(43-18(17)14-42-47(36,37)45-48(38,39)44-46(33,34)35)28-13-16(20(24)27-21(28)30)4-3-6-25-22(31)41-9-11-50-49-10-7-26-23(2)32/h13,17-19,26,32H,5-12,14H2,1-2H3,(H,25,31)(H,36,37)(H,38,39)(H2,24,27,30)(H2,33,34,35)/t17?,18-,19-/m1/s1. The number of amides is 1. The monoisotopic (exact) mass is 811 g/mol. The smallest absolute Gasteiger partial charge is 0.449 e. The molecule has 5 atom stereocenters. The first-order valence-corrected chi connectivity index (χ1v) is 21.3. The molecule has 1 fully saturated rings. The molecule has 1 amide bonds. The minimum absolute atomic E-state index is 0.0179. The Bertz CT molecular complexity index is 1570. The SMILES string of the molecule is CB(O)NCCSSCCOC(=O)NCC#Cc1cn([C@H]2CC(OCCC(C)=O)[C@@H](COP(=O)(O)OP(=O)(O)OP(=O)(O)O)O2)c(=O)nc1N. The molecule has 0 spiro atoms. The summed E-state index contributed by atoms with van der Waals surface area (Å²) in [7, 11) is -14.4. The zero-order valence-electron chi connectivity index (χ0n) is 26.5. The quantitative estimate of drug-likeness (QED) is 0.0266. The highest BCUT2D eigenvalue weighted by Crippen LogP contribution is 2.66. The van der Waals surface area contributed by atoms with Gasteiger partial charge in [-0.05, 0) is 20.3 Å². The van der Waals surface area contributed by atoms with Crippen LogP contribution in [0, 0.1) is 11.8 Å². The summed E-state index contributed by atoms with van der Waals surface area (Å²) in [5.41, 5.74) is 5.03. The Kier molecular flexibility index (Phi) is 18.7. The number of hydrogen-bond donors (Lipinski definition) is 8. The van der Waals surface area contributed by atoms with E-state index in [1.807, 2.05) is 0 Å². The summed E-state index contributed by atoms with van der Waals surface area (Å²) < 4.78 is 64.3. The number of rotatable bonds is 21. The van der Waals surface area contributed by atoms with E-state index in [9.17, 15) is 37.9 Å². The second-order valence-corrected chi connectivity index (χ2v) is 17.0. The first kappa shape index (κ1) is 44.4. The van der Waals surface area contributed by atoms with Crippen LogP contribution in [0.2, 0.25) is 6.82 Å². The lowest BCUT2D eigenvalue weighted by Gasteiger charge is -2.21. The Labute approximate surface area is 293 Å². The van der Waals surface area contributed by atoms with Crippen molar-refractivity contribution in [1.29, 1.82) is 0 Å². The Balaban J connectivity index is 2.02. The van der Waals surface area contributed by atoms with Crippen LogP contribution in [0.15, 0.2) is 11.0 Å². The maximum atomic E-state index is 12.7. The molecule has 9 N–H and O–H groups in total. The second-order valence-electron chi connectivity index (χ2n) is 9.91. The molecular weight excluding hydrogens is 774 g/mol. The molecule has 0 aromatic carbocycles. The molecule has 1 aromatic heterocycles. The number of nitrogens with zero attached hydrogens (tertiary/aromatic N) is 2. The summed E-state index contributed by atoms with van der Waals surface area (Å²) >= 11 is 0. The van der Waals surface area contributed by atoms with Crippen molar-refractivity contribution in [3.63, 3.8) is 0 Å². The first-order chi connectivity index (χ1) is 23.3. The fourth-order valence-corrected chi connectivity index (χ4v) is 8.49. The van der Waals surface area contributed by atoms with Gasteiger partial charge in [-0.25, -0.2) is 23.3 Å². The molecule has 50 heavy (non-hydrogen) atoms. The summed E-state index contributed by atoms with van der Waals surface area (Å²) in [5.74, 6) is 6.13. The molecular formula is C22H37BN5O17P3S2. The summed E-state index contributed by atoms with van der Waals surface area (Å²) in [6.45, 7) is 2.55. The van der Waals surface area contributed by atoms with Crippen molar-refractivity contribution in [2.75, 3.05) is 50.1 Å². The number of nitrogens with one attached hydrogen (secondary N) is 2. The van der Waals surface area contributed by atoms with Crippen LogP contribution in [-0.2, 0) is 45.8 Å². The van der Waals surface area contributed by atoms with Gasteiger partial charge in [0.1, 0.15) is 30.5 Å². The minimum atomic E-state index is -5.78. The third-order valence-electron chi connectivity index (χ3n) is 5.73. The van der Waals surface area contributed by atoms with Crippen molar-refractivity contribution in [3.05, 3.63) is 22.2 Å². The van der Waals surface area contributed by atoms with Crippen LogP contribution in [-0.4, -0.2) is 110 Å². The van der Waals surface area contributed by atoms with Crippen molar-refractivity contribution < 1.29 is 75.2 Å². The molecule has 0 saturated carbocycles. The van der Waals surface area contributed by atoms with E-state index in [-0.39, 0.29) is 49.8 Å². The fourth-order valence-electron chi connectivity index (χ4n) is 3.71. The predicted molar refractivity (Wildman–Crippen MR) is 179 cm³/mol. The van der Waals surface area contributed by atoms with Crippen LogP contribution in [0.5, 0.6) is 0 Å². The number of anilines is 1. The molecule has 1 aromatic rings. The zero-order chi connectivity index (χ0) is 37.5. The lowest BCUT2D eigenvalue weighted by atomic mass is 9.89. The lowest BCUT2D eigenvalue weighted by Crippen LogP contribution is -2.32. The Morgan fingerprint density at radius 1 is 1.16 bits per heavy atom. The van der Waals surface area contributed by atoms with E-state index in [0.29, 0.717) is 12.3 Å². The molecule has 0 bridgehead atoms. The number of nitrogens with two attached hydrogens (primary N) is 1. The van der Waals surface area contributed by atoms with E-state index in [4.69, 9.17) is 34.8 Å². The third kappa shape index (κ3) is 18.1. The van der Waals surface area contributed by atoms with Crippen molar-refractivity contribution in [3.8, 4) is 11.8 Å². The third-order valence-corrected chi connectivity index (χ3v) is 11.9. The first-order valence-electron chi connectivity index (χ1n) is 14.3. The number of nitrogen functional groups attached to an aromatic ring is 1. The second kappa shape index (κ2) is 21.0. The summed E-state index contributed by atoms with van der Waals surface area (Å²) in [6, 6.07) is 0. The average Bonchev–Trinajstić information content (AvgIpc) is 3.36. The van der Waals surface area contributed by atoms with Crippen molar-refractivity contribution in [2.45, 2.75) is 45.0 Å². The molecule has 3 unspecified atom stereocenters. The number of alkyl carbamates (subject to hydrolysis) is 1. The van der Waals surface area contributed by atoms with Crippen molar-refractivity contribution >= 4 is 69.8 Å². The molecule has 0 radical (unpaired) electrons. The number of phosphoric acid groups is 3. The number of ether oxygens (including phenoxy) is 3. The van der Waals surface area contributed by atoms with Crippen LogP contribution in [0.4, 0.5) is 10.6 Å². The van der Waals surface area contributed by atoms with E-state index in [1.165, 1.54) is 23.9 Å². The predicted octanol–water partition coefficient (Wildman–Crippen LogP) is -0.0204. The largest absolute Gasteiger partial charge is 0.490 e. The van der Waals surface area contributed by atoms with Crippen LogP contribution < -0.4 is 22.0 Å². The van der Waals surface area contributed by atoms with Gasteiger partial charge in [0.15, 0.2) is 0 Å². The Hall–Kier alpha value is -1.81. The molecule has 1 aliphatic heterocycles. The van der Waals surface area contributed by atoms with Crippen molar-refractivity contribution in [2.24, 2.45) is 0 Å². The highest BCUT2D eigenvalue weighted by Gasteiger charge is 2.43. The Morgan fingerprint density at radius 3 is 2.52 bits per heavy atom. The topological polar surface area (TPSA) is 327 Å². The number of phosphoric ester groups is 1. The number of carbonyl (C=O) groups is 2. The summed E-state index contributed by atoms with van der Waals surface area (Å²) in [5, 5.41) is 14.4. The molecule has 282 valence electrons. The maximum absolute atomic E-state index is 12.7. The van der Waals surface area contributed by atoms with E-state index in [2.05, 4.69) is 40.5 Å². The zero-order valence-corrected chi connectivity index (χ0v) is 30.8. The van der Waals surface area contributed by atoms with Gasteiger partial charge in [-0.1, -0.05) is 33.4 Å². The van der Waals surface area contributed by atoms with Gasteiger partial charge in [0.05, 0.1) is 31.4 Å². The van der Waals surface area contributed by atoms with Crippen molar-refractivity contribution in [1.82, 2.24) is 20.1 Å². The van der Waals surface area contributed by atoms with Crippen LogP contribution in [0.25, 0.3) is 0 Å². The average molecular weight is 811 g/mol. The van der Waals surface area contributed by atoms with Gasteiger partial charge in [-0.15, -0.1) is 0 Å². The van der Waals surface area contributed by atoms with Gasteiger partial charge in [-0.2, -0.15) is 13.6 Å². The highest BCUT2D eigenvalue weighted by molar-refractivity contribution is 8.76. The van der Waals surface area contributed by atoms with Crippen LogP contribution in [0.3, 0.4) is 0 Å². The van der Waals surface area contributed by atoms with Crippen LogP contribution in [0.1, 0.15) is 31.6 Å². The van der Waals surface area contributed by atoms with E-state index >= 15 is 0 Å². The number of aromatic nitrogens is 2. The minimum Gasteiger partial charge on any atom is -0.449 e. The fraction of sp³-hybridized carbons (Fsp3) is 0.636. The molecule has 1 aliphatic rings. The molecule has 28 heteroatoms. The van der Waals surface area contributed by atoms with Gasteiger partial charge in [0, 0.05) is 30.5 Å². The molecule has 22 nitrogen and oxygen atoms in total. The van der Waals surface area contributed by atoms with Gasteiger partial charge >= 0.3 is 42.3 Å². The van der Waals surface area contributed by atoms with Gasteiger partial charge in [0.2, 0.25) is 0 Å². The van der Waals surface area contributed by atoms with Gasteiger partial charge in [-0.3, -0.25) is 13.9 Å². The normalized spacial score (nSPS) is 19.9. The summed E-state index contributed by atoms with van der Waals surface area (Å²) in [6.07, 6.45) is -3.05. The molecule has 0 aliphatic carbocycles. The number of hydrogen-bond acceptors (Lipinski definition) is 18. The van der Waals surface area contributed by atoms with Crippen LogP contribution >= 0.6 is 45.1 Å². The Morgan fingerprint density at radius 2 is 1.86 bits per heavy atom. The number of ketones is 1. The van der Waals surface area contributed by atoms with E-state index < -0.39 is 67.3 Å². The maximum Gasteiger partial charge on any atom is 0.490 e. The van der Waals surface area contributed by atoms with E-state index in [1.54, 1.807) is 17.6 Å². The molecule has 1 saturated heterocycles.